The van der Waals surface area contributed by atoms with Crippen LogP contribution in [0.15, 0.2) is 60.0 Å². The summed E-state index contributed by atoms with van der Waals surface area (Å²) in [6.45, 7) is 2.00. The molecule has 0 atom stereocenters. The second kappa shape index (κ2) is 6.54. The topological polar surface area (TPSA) is 37.4 Å². The van der Waals surface area contributed by atoms with E-state index in [0.29, 0.717) is 5.69 Å². The van der Waals surface area contributed by atoms with E-state index in [1.807, 2.05) is 30.3 Å². The largest absolute Gasteiger partial charge is 0.267 e. The molecule has 0 aliphatic carbocycles. The third kappa shape index (κ3) is 3.92. The van der Waals surface area contributed by atoms with Crippen molar-refractivity contribution in [2.45, 2.75) is 6.92 Å². The highest BCUT2D eigenvalue weighted by atomic mass is 32.2. The van der Waals surface area contributed by atoms with Crippen LogP contribution in [0.2, 0.25) is 0 Å². The summed E-state index contributed by atoms with van der Waals surface area (Å²) in [6.07, 6.45) is 1.54. The lowest BCUT2D eigenvalue weighted by molar-refractivity contribution is 0.600. The van der Waals surface area contributed by atoms with Crippen LogP contribution in [0.3, 0.4) is 0 Å². The van der Waals surface area contributed by atoms with Crippen LogP contribution >= 0.6 is 0 Å². The summed E-state index contributed by atoms with van der Waals surface area (Å²) in [5, 5.41) is 1.16. The molecule has 110 valence electrons. The minimum absolute atomic E-state index is 0.271. The van der Waals surface area contributed by atoms with Gasteiger partial charge in [-0.3, -0.25) is 4.31 Å². The average molecular weight is 305 g/mol. The standard InChI is InChI=1S/C16H16FNO2S/c1-2-18(16-10-8-15(17)9-11-16)21(19,20)13-12-14-6-4-3-5-7-14/h3-13H,2H2,1H3/b13-12+. The average Bonchev–Trinajstić information content (AvgIpc) is 2.49. The molecule has 3 nitrogen and oxygen atoms in total. The van der Waals surface area contributed by atoms with E-state index in [1.165, 1.54) is 28.6 Å². The Hall–Kier alpha value is -2.14. The first-order valence-corrected chi connectivity index (χ1v) is 8.04. The Labute approximate surface area is 124 Å². The molecule has 0 saturated heterocycles. The molecule has 0 unspecified atom stereocenters. The zero-order valence-electron chi connectivity index (χ0n) is 11.6. The Bertz CT molecular complexity index is 710. The van der Waals surface area contributed by atoms with Crippen molar-refractivity contribution in [1.29, 1.82) is 0 Å². The van der Waals surface area contributed by atoms with Crippen LogP contribution < -0.4 is 4.31 Å². The van der Waals surface area contributed by atoms with E-state index in [-0.39, 0.29) is 6.54 Å². The van der Waals surface area contributed by atoms with Gasteiger partial charge >= 0.3 is 0 Å². The fraction of sp³-hybridized carbons (Fsp3) is 0.125. The van der Waals surface area contributed by atoms with Gasteiger partial charge in [-0.25, -0.2) is 12.8 Å². The van der Waals surface area contributed by atoms with Crippen LogP contribution in [0, 0.1) is 5.82 Å². The monoisotopic (exact) mass is 305 g/mol. The molecule has 0 radical (unpaired) electrons. The summed E-state index contributed by atoms with van der Waals surface area (Å²) >= 11 is 0. The van der Waals surface area contributed by atoms with E-state index in [9.17, 15) is 12.8 Å². The summed E-state index contributed by atoms with van der Waals surface area (Å²) in [4.78, 5) is 0. The highest BCUT2D eigenvalue weighted by Crippen LogP contribution is 2.19. The summed E-state index contributed by atoms with van der Waals surface area (Å²) in [5.74, 6) is -0.396. The maximum atomic E-state index is 12.9. The van der Waals surface area contributed by atoms with Gasteiger partial charge in [0.25, 0.3) is 10.0 Å². The predicted octanol–water partition coefficient (Wildman–Crippen LogP) is 3.65. The van der Waals surface area contributed by atoms with E-state index in [4.69, 9.17) is 0 Å². The van der Waals surface area contributed by atoms with Gasteiger partial charge in [-0.05, 0) is 42.8 Å². The summed E-state index contributed by atoms with van der Waals surface area (Å²) in [6, 6.07) is 14.6. The molecule has 0 aliphatic rings. The van der Waals surface area contributed by atoms with E-state index in [2.05, 4.69) is 0 Å². The number of benzene rings is 2. The molecule has 0 bridgehead atoms. The molecule has 0 aliphatic heterocycles. The van der Waals surface area contributed by atoms with Crippen LogP contribution in [0.1, 0.15) is 12.5 Å². The van der Waals surface area contributed by atoms with Gasteiger partial charge in [0.2, 0.25) is 0 Å². The van der Waals surface area contributed by atoms with Crippen molar-refractivity contribution < 1.29 is 12.8 Å². The highest BCUT2D eigenvalue weighted by Gasteiger charge is 2.17. The molecule has 21 heavy (non-hydrogen) atoms. The van der Waals surface area contributed by atoms with Crippen LogP contribution in [-0.4, -0.2) is 15.0 Å². The quantitative estimate of drug-likeness (QED) is 0.845. The van der Waals surface area contributed by atoms with E-state index in [0.717, 1.165) is 11.0 Å². The van der Waals surface area contributed by atoms with Gasteiger partial charge in [0.1, 0.15) is 5.82 Å². The maximum Gasteiger partial charge on any atom is 0.257 e. The molecule has 2 aromatic rings. The molecule has 0 aromatic heterocycles. The van der Waals surface area contributed by atoms with E-state index < -0.39 is 15.8 Å². The van der Waals surface area contributed by atoms with Crippen LogP contribution in [0.4, 0.5) is 10.1 Å². The summed E-state index contributed by atoms with van der Waals surface area (Å²) in [7, 11) is -3.61. The minimum atomic E-state index is -3.61. The summed E-state index contributed by atoms with van der Waals surface area (Å²) in [5.41, 5.74) is 1.24. The molecule has 0 saturated carbocycles. The van der Waals surface area contributed by atoms with Crippen LogP contribution in [0.5, 0.6) is 0 Å². The maximum absolute atomic E-state index is 12.9. The van der Waals surface area contributed by atoms with Crippen molar-refractivity contribution in [3.8, 4) is 0 Å². The minimum Gasteiger partial charge on any atom is -0.267 e. The Morgan fingerprint density at radius 3 is 2.24 bits per heavy atom. The number of anilines is 1. The Morgan fingerprint density at radius 2 is 1.67 bits per heavy atom. The highest BCUT2D eigenvalue weighted by molar-refractivity contribution is 7.95. The molecule has 0 heterocycles. The summed E-state index contributed by atoms with van der Waals surface area (Å²) < 4.78 is 38.9. The van der Waals surface area contributed by atoms with E-state index >= 15 is 0 Å². The molecule has 2 aromatic carbocycles. The van der Waals surface area contributed by atoms with Crippen molar-refractivity contribution in [2.75, 3.05) is 10.8 Å². The molecular weight excluding hydrogens is 289 g/mol. The number of rotatable bonds is 5. The number of hydrogen-bond acceptors (Lipinski definition) is 2. The van der Waals surface area contributed by atoms with Crippen LogP contribution in [0.25, 0.3) is 6.08 Å². The van der Waals surface area contributed by atoms with Gasteiger partial charge in [-0.2, -0.15) is 0 Å². The zero-order valence-corrected chi connectivity index (χ0v) is 12.4. The first-order valence-electron chi connectivity index (χ1n) is 6.54. The van der Waals surface area contributed by atoms with Gasteiger partial charge in [0.05, 0.1) is 11.1 Å². The zero-order chi connectivity index (χ0) is 15.3. The van der Waals surface area contributed by atoms with Gasteiger partial charge in [-0.1, -0.05) is 30.3 Å². The van der Waals surface area contributed by atoms with Crippen molar-refractivity contribution >= 4 is 21.8 Å². The molecule has 0 amide bonds. The SMILES string of the molecule is CCN(c1ccc(F)cc1)S(=O)(=O)/C=C/c1ccccc1. The number of nitrogens with zero attached hydrogens (tertiary/aromatic N) is 1. The van der Waals surface area contributed by atoms with Crippen molar-refractivity contribution in [3.63, 3.8) is 0 Å². The normalized spacial score (nSPS) is 11.7. The van der Waals surface area contributed by atoms with Crippen molar-refractivity contribution in [1.82, 2.24) is 0 Å². The molecule has 0 fully saturated rings. The van der Waals surface area contributed by atoms with Crippen LogP contribution in [-0.2, 0) is 10.0 Å². The Balaban J connectivity index is 2.28. The Morgan fingerprint density at radius 1 is 1.05 bits per heavy atom. The second-order valence-electron chi connectivity index (χ2n) is 4.40. The van der Waals surface area contributed by atoms with Gasteiger partial charge in [0, 0.05) is 6.54 Å². The van der Waals surface area contributed by atoms with E-state index in [1.54, 1.807) is 13.0 Å². The molecular formula is C16H16FNO2S. The molecule has 0 N–H and O–H groups in total. The van der Waals surface area contributed by atoms with Crippen molar-refractivity contribution in [3.05, 3.63) is 71.4 Å². The lowest BCUT2D eigenvalue weighted by Crippen LogP contribution is -2.28. The molecule has 5 heteroatoms. The fourth-order valence-corrected chi connectivity index (χ4v) is 3.17. The molecule has 2 rings (SSSR count). The predicted molar refractivity (Wildman–Crippen MR) is 83.8 cm³/mol. The smallest absolute Gasteiger partial charge is 0.257 e. The lowest BCUT2D eigenvalue weighted by Gasteiger charge is -2.20. The number of hydrogen-bond donors (Lipinski definition) is 0. The van der Waals surface area contributed by atoms with Gasteiger partial charge in [-0.15, -0.1) is 0 Å². The first-order chi connectivity index (χ1) is 10.0. The third-order valence-corrected chi connectivity index (χ3v) is 4.50. The first kappa shape index (κ1) is 15.3. The Kier molecular flexibility index (Phi) is 4.75. The lowest BCUT2D eigenvalue weighted by atomic mass is 10.2. The second-order valence-corrected chi connectivity index (χ2v) is 6.14. The number of halogens is 1. The van der Waals surface area contributed by atoms with Gasteiger partial charge in [0.15, 0.2) is 0 Å². The number of sulfonamides is 1. The van der Waals surface area contributed by atoms with Gasteiger partial charge < -0.3 is 0 Å². The van der Waals surface area contributed by atoms with Crippen molar-refractivity contribution in [2.24, 2.45) is 0 Å². The fourth-order valence-electron chi connectivity index (χ4n) is 1.92. The third-order valence-electron chi connectivity index (χ3n) is 2.94. The molecule has 0 spiro atoms.